The van der Waals surface area contributed by atoms with Crippen LogP contribution in [0.1, 0.15) is 30.9 Å². The van der Waals surface area contributed by atoms with Crippen molar-refractivity contribution in [2.24, 2.45) is 5.73 Å². The second-order valence-corrected chi connectivity index (χ2v) is 7.64. The predicted molar refractivity (Wildman–Crippen MR) is 85.0 cm³/mol. The third-order valence-electron chi connectivity index (χ3n) is 3.73. The quantitative estimate of drug-likeness (QED) is 0.862. The van der Waals surface area contributed by atoms with Crippen molar-refractivity contribution >= 4 is 27.2 Å². The third-order valence-corrected chi connectivity index (χ3v) is 6.50. The van der Waals surface area contributed by atoms with Crippen molar-refractivity contribution in [3.05, 3.63) is 35.4 Å². The Kier molecular flexibility index (Phi) is 4.78. The van der Waals surface area contributed by atoms with Gasteiger partial charge in [0, 0.05) is 13.1 Å². The molecule has 0 spiro atoms. The predicted octanol–water partition coefficient (Wildman–Crippen LogP) is 1.83. The van der Waals surface area contributed by atoms with Crippen LogP contribution in [0.3, 0.4) is 0 Å². The minimum Gasteiger partial charge on any atom is -0.392 e. The highest BCUT2D eigenvalue weighted by Gasteiger charge is 2.33. The summed E-state index contributed by atoms with van der Waals surface area (Å²) in [5.74, 6) is 0. The van der Waals surface area contributed by atoms with E-state index in [1.54, 1.807) is 6.92 Å². The fraction of sp³-hybridized carbons (Fsp3) is 0.500. The van der Waals surface area contributed by atoms with Crippen LogP contribution in [0.4, 0.5) is 0 Å². The van der Waals surface area contributed by atoms with Gasteiger partial charge in [-0.25, -0.2) is 8.42 Å². The number of sulfonamides is 1. The molecule has 0 saturated carbocycles. The Morgan fingerprint density at radius 1 is 1.40 bits per heavy atom. The molecule has 1 aromatic rings. The van der Waals surface area contributed by atoms with Crippen molar-refractivity contribution in [3.63, 3.8) is 0 Å². The molecule has 1 unspecified atom stereocenters. The van der Waals surface area contributed by atoms with Crippen LogP contribution >= 0.6 is 12.2 Å². The van der Waals surface area contributed by atoms with E-state index in [4.69, 9.17) is 18.0 Å². The molecule has 110 valence electrons. The fourth-order valence-electron chi connectivity index (χ4n) is 2.63. The van der Waals surface area contributed by atoms with E-state index >= 15 is 0 Å². The lowest BCUT2D eigenvalue weighted by Crippen LogP contribution is -2.44. The largest absolute Gasteiger partial charge is 0.392 e. The van der Waals surface area contributed by atoms with Gasteiger partial charge in [-0.15, -0.1) is 0 Å². The zero-order chi connectivity index (χ0) is 14.8. The highest BCUT2D eigenvalue weighted by molar-refractivity contribution is 7.92. The van der Waals surface area contributed by atoms with Crippen molar-refractivity contribution in [1.82, 2.24) is 4.31 Å². The van der Waals surface area contributed by atoms with Gasteiger partial charge < -0.3 is 5.73 Å². The summed E-state index contributed by atoms with van der Waals surface area (Å²) in [6.07, 6.45) is 2.14. The lowest BCUT2D eigenvalue weighted by atomic mass is 10.0. The van der Waals surface area contributed by atoms with E-state index in [0.717, 1.165) is 18.4 Å². The van der Waals surface area contributed by atoms with Crippen LogP contribution in [0.15, 0.2) is 24.3 Å². The smallest absolute Gasteiger partial charge is 0.223 e. The first kappa shape index (κ1) is 15.4. The topological polar surface area (TPSA) is 63.4 Å². The van der Waals surface area contributed by atoms with Crippen molar-refractivity contribution in [2.75, 3.05) is 6.54 Å². The molecule has 1 heterocycles. The average molecular weight is 312 g/mol. The minimum atomic E-state index is -3.47. The molecule has 1 aliphatic heterocycles. The van der Waals surface area contributed by atoms with Crippen LogP contribution in [0.25, 0.3) is 0 Å². The fourth-order valence-corrected chi connectivity index (χ4v) is 4.94. The van der Waals surface area contributed by atoms with Gasteiger partial charge in [-0.1, -0.05) is 43.4 Å². The molecular formula is C14H20N2O2S2. The van der Waals surface area contributed by atoms with E-state index in [9.17, 15) is 8.42 Å². The molecule has 1 aliphatic rings. The van der Waals surface area contributed by atoms with Crippen LogP contribution < -0.4 is 5.73 Å². The maximum absolute atomic E-state index is 12.7. The van der Waals surface area contributed by atoms with Gasteiger partial charge in [0.05, 0.1) is 4.99 Å². The molecule has 6 heteroatoms. The Bertz CT molecular complexity index is 599. The van der Waals surface area contributed by atoms with Crippen molar-refractivity contribution in [1.29, 1.82) is 0 Å². The summed E-state index contributed by atoms with van der Waals surface area (Å²) in [7, 11) is -3.47. The number of fused-ring (bicyclic) bond motifs is 1. The summed E-state index contributed by atoms with van der Waals surface area (Å²) in [4.78, 5) is 0.0602. The molecule has 0 amide bonds. The molecule has 0 fully saturated rings. The summed E-state index contributed by atoms with van der Waals surface area (Å²) >= 11 is 4.92. The van der Waals surface area contributed by atoms with Crippen LogP contribution in [0.5, 0.6) is 0 Å². The number of hydrogen-bond acceptors (Lipinski definition) is 3. The second kappa shape index (κ2) is 6.20. The summed E-state index contributed by atoms with van der Waals surface area (Å²) in [6, 6.07) is 7.99. The average Bonchev–Trinajstić information content (AvgIpc) is 2.61. The Balaban J connectivity index is 2.32. The molecule has 0 bridgehead atoms. The SMILES string of the molecule is CCC(C(N)=S)S(=O)(=O)N1CCCc2ccccc2C1. The number of aryl methyl sites for hydroxylation is 1. The number of benzene rings is 1. The van der Waals surface area contributed by atoms with Gasteiger partial charge in [0.25, 0.3) is 0 Å². The van der Waals surface area contributed by atoms with Crippen LogP contribution in [0.2, 0.25) is 0 Å². The van der Waals surface area contributed by atoms with Gasteiger partial charge in [-0.2, -0.15) is 4.31 Å². The first-order chi connectivity index (χ1) is 9.46. The maximum atomic E-state index is 12.7. The zero-order valence-electron chi connectivity index (χ0n) is 11.6. The molecule has 0 saturated heterocycles. The van der Waals surface area contributed by atoms with Gasteiger partial charge in [-0.3, -0.25) is 0 Å². The van der Waals surface area contributed by atoms with E-state index in [1.165, 1.54) is 9.87 Å². The first-order valence-corrected chi connectivity index (χ1v) is 8.73. The van der Waals surface area contributed by atoms with Crippen molar-refractivity contribution in [3.8, 4) is 0 Å². The van der Waals surface area contributed by atoms with E-state index in [1.807, 2.05) is 18.2 Å². The normalized spacial score (nSPS) is 18.1. The summed E-state index contributed by atoms with van der Waals surface area (Å²) in [6.45, 7) is 2.74. The van der Waals surface area contributed by atoms with Gasteiger partial charge in [0.2, 0.25) is 10.0 Å². The number of nitrogens with zero attached hydrogens (tertiary/aromatic N) is 1. The lowest BCUT2D eigenvalue weighted by Gasteiger charge is -2.25. The molecule has 1 aromatic carbocycles. The Morgan fingerprint density at radius 3 is 2.65 bits per heavy atom. The van der Waals surface area contributed by atoms with Crippen molar-refractivity contribution in [2.45, 2.75) is 38.0 Å². The number of thiocarbonyl (C=S) groups is 1. The first-order valence-electron chi connectivity index (χ1n) is 6.82. The van der Waals surface area contributed by atoms with E-state index in [-0.39, 0.29) is 4.99 Å². The van der Waals surface area contributed by atoms with Gasteiger partial charge >= 0.3 is 0 Å². The Labute approximate surface area is 126 Å². The van der Waals surface area contributed by atoms with E-state index in [0.29, 0.717) is 19.5 Å². The summed E-state index contributed by atoms with van der Waals surface area (Å²) in [5, 5.41) is -0.761. The van der Waals surface area contributed by atoms with Crippen LogP contribution in [-0.4, -0.2) is 29.5 Å². The minimum absolute atomic E-state index is 0.0602. The molecule has 2 rings (SSSR count). The standard InChI is InChI=1S/C14H20N2O2S2/c1-2-13(14(15)19)20(17,18)16-9-5-8-11-6-3-4-7-12(11)10-16/h3-4,6-7,13H,2,5,8-10H2,1H3,(H2,15,19). The maximum Gasteiger partial charge on any atom is 0.223 e. The number of nitrogens with two attached hydrogens (primary N) is 1. The highest BCUT2D eigenvalue weighted by atomic mass is 32.2. The molecular weight excluding hydrogens is 292 g/mol. The molecule has 20 heavy (non-hydrogen) atoms. The molecule has 0 radical (unpaired) electrons. The molecule has 4 nitrogen and oxygen atoms in total. The van der Waals surface area contributed by atoms with Gasteiger partial charge in [0.1, 0.15) is 5.25 Å². The molecule has 0 aromatic heterocycles. The molecule has 0 aliphatic carbocycles. The summed E-state index contributed by atoms with van der Waals surface area (Å²) < 4.78 is 26.9. The third kappa shape index (κ3) is 3.02. The van der Waals surface area contributed by atoms with Gasteiger partial charge in [0.15, 0.2) is 0 Å². The van der Waals surface area contributed by atoms with E-state index in [2.05, 4.69) is 6.07 Å². The zero-order valence-corrected chi connectivity index (χ0v) is 13.2. The van der Waals surface area contributed by atoms with Crippen LogP contribution in [0, 0.1) is 0 Å². The van der Waals surface area contributed by atoms with Gasteiger partial charge in [-0.05, 0) is 30.4 Å². The molecule has 1 atom stereocenters. The van der Waals surface area contributed by atoms with E-state index < -0.39 is 15.3 Å². The van der Waals surface area contributed by atoms with Crippen molar-refractivity contribution < 1.29 is 8.42 Å². The van der Waals surface area contributed by atoms with Crippen LogP contribution in [-0.2, 0) is 23.0 Å². The molecule has 2 N–H and O–H groups in total. The lowest BCUT2D eigenvalue weighted by molar-refractivity contribution is 0.406. The monoisotopic (exact) mass is 312 g/mol. The summed E-state index contributed by atoms with van der Waals surface area (Å²) in [5.41, 5.74) is 7.90. The Morgan fingerprint density at radius 2 is 2.05 bits per heavy atom. The second-order valence-electron chi connectivity index (χ2n) is 5.05. The number of rotatable bonds is 4. The Hall–Kier alpha value is -0.980. The number of hydrogen-bond donors (Lipinski definition) is 1. The highest BCUT2D eigenvalue weighted by Crippen LogP contribution is 2.23.